The Morgan fingerprint density at radius 2 is 1.97 bits per heavy atom. The Morgan fingerprint density at radius 3 is 2.66 bits per heavy atom. The van der Waals surface area contributed by atoms with E-state index in [9.17, 15) is 18.0 Å². The Hall–Kier alpha value is -3.46. The summed E-state index contributed by atoms with van der Waals surface area (Å²) < 4.78 is 42.7. The molecule has 2 fully saturated rings. The van der Waals surface area contributed by atoms with E-state index < -0.39 is 23.2 Å². The van der Waals surface area contributed by atoms with Crippen LogP contribution in [0, 0.1) is 11.6 Å². The molecule has 1 saturated heterocycles. The fourth-order valence-electron chi connectivity index (χ4n) is 4.82. The molecule has 2 aromatic heterocycles. The van der Waals surface area contributed by atoms with Crippen LogP contribution in [0.3, 0.4) is 0 Å². The SMILES string of the molecule is O=C(N[C@@H]1CCNC1)c1ccc(F)c(-c2ccc(NCC3(c4ncccc4F)CC(F)C3)cn2)c1. The highest BCUT2D eigenvalue weighted by atomic mass is 19.1. The van der Waals surface area contributed by atoms with Crippen molar-refractivity contribution < 1.29 is 18.0 Å². The minimum absolute atomic E-state index is 0.0608. The molecule has 182 valence electrons. The third kappa shape index (κ3) is 4.86. The molecule has 0 radical (unpaired) electrons. The van der Waals surface area contributed by atoms with Gasteiger partial charge in [-0.05, 0) is 68.3 Å². The first-order chi connectivity index (χ1) is 16.9. The summed E-state index contributed by atoms with van der Waals surface area (Å²) in [5, 5.41) is 9.34. The summed E-state index contributed by atoms with van der Waals surface area (Å²) in [6.07, 6.45) is 3.30. The number of anilines is 1. The van der Waals surface area contributed by atoms with Crippen LogP contribution >= 0.6 is 0 Å². The van der Waals surface area contributed by atoms with Crippen molar-refractivity contribution in [2.75, 3.05) is 25.0 Å². The van der Waals surface area contributed by atoms with Crippen molar-refractivity contribution in [3.8, 4) is 11.3 Å². The lowest BCUT2D eigenvalue weighted by Gasteiger charge is -2.44. The van der Waals surface area contributed by atoms with E-state index in [1.54, 1.807) is 18.3 Å². The van der Waals surface area contributed by atoms with Crippen LogP contribution in [0.4, 0.5) is 18.9 Å². The Morgan fingerprint density at radius 1 is 1.11 bits per heavy atom. The number of pyridine rings is 2. The van der Waals surface area contributed by atoms with Crippen LogP contribution < -0.4 is 16.0 Å². The summed E-state index contributed by atoms with van der Waals surface area (Å²) in [5.74, 6) is -1.18. The van der Waals surface area contributed by atoms with Crippen LogP contribution in [-0.2, 0) is 5.41 Å². The lowest BCUT2D eigenvalue weighted by molar-refractivity contribution is 0.0939. The molecular formula is C26H26F3N5O. The van der Waals surface area contributed by atoms with E-state index in [2.05, 4.69) is 25.9 Å². The summed E-state index contributed by atoms with van der Waals surface area (Å²) in [4.78, 5) is 21.1. The zero-order chi connectivity index (χ0) is 24.4. The first-order valence-electron chi connectivity index (χ1n) is 11.7. The molecule has 1 aliphatic carbocycles. The highest BCUT2D eigenvalue weighted by Crippen LogP contribution is 2.45. The number of hydrogen-bond acceptors (Lipinski definition) is 5. The van der Waals surface area contributed by atoms with Gasteiger partial charge in [0.15, 0.2) is 0 Å². The number of aromatic nitrogens is 2. The molecule has 1 aromatic carbocycles. The zero-order valence-electron chi connectivity index (χ0n) is 19.0. The summed E-state index contributed by atoms with van der Waals surface area (Å²) in [7, 11) is 0. The molecule has 1 atom stereocenters. The second-order valence-corrected chi connectivity index (χ2v) is 9.26. The van der Waals surface area contributed by atoms with Crippen molar-refractivity contribution in [2.24, 2.45) is 0 Å². The lowest BCUT2D eigenvalue weighted by atomic mass is 9.65. The van der Waals surface area contributed by atoms with Crippen molar-refractivity contribution in [1.82, 2.24) is 20.6 Å². The van der Waals surface area contributed by atoms with Gasteiger partial charge in [-0.1, -0.05) is 0 Å². The van der Waals surface area contributed by atoms with Crippen LogP contribution in [-0.4, -0.2) is 47.7 Å². The number of carbonyl (C=O) groups is 1. The third-order valence-electron chi connectivity index (χ3n) is 6.78. The number of alkyl halides is 1. The number of rotatable bonds is 7. The summed E-state index contributed by atoms with van der Waals surface area (Å²) in [5.41, 5.74) is 1.13. The average molecular weight is 482 g/mol. The van der Waals surface area contributed by atoms with E-state index in [1.165, 1.54) is 36.5 Å². The average Bonchev–Trinajstić information content (AvgIpc) is 3.35. The second kappa shape index (κ2) is 9.65. The Balaban J connectivity index is 1.29. The van der Waals surface area contributed by atoms with Gasteiger partial charge in [-0.15, -0.1) is 0 Å². The summed E-state index contributed by atoms with van der Waals surface area (Å²) in [6, 6.07) is 10.5. The predicted octanol–water partition coefficient (Wildman–Crippen LogP) is 4.00. The van der Waals surface area contributed by atoms with Crippen molar-refractivity contribution in [3.05, 3.63) is 77.8 Å². The van der Waals surface area contributed by atoms with Crippen LogP contribution in [0.1, 0.15) is 35.3 Å². The number of hydrogen-bond donors (Lipinski definition) is 3. The fourth-order valence-corrected chi connectivity index (χ4v) is 4.82. The molecular weight excluding hydrogens is 455 g/mol. The topological polar surface area (TPSA) is 78.9 Å². The second-order valence-electron chi connectivity index (χ2n) is 9.26. The van der Waals surface area contributed by atoms with Crippen LogP contribution in [0.15, 0.2) is 54.9 Å². The standard InChI is InChI=1S/C26H26F3N5O/c27-17-11-26(12-17,24-22(29)2-1-8-31-24)15-33-18-4-6-23(32-14-18)20-10-16(3-5-21(20)28)25(35)34-19-7-9-30-13-19/h1-6,8,10,14,17,19,30,33H,7,9,11-13,15H2,(H,34,35)/t17?,19-,26?/m1/s1. The monoisotopic (exact) mass is 481 g/mol. The van der Waals surface area contributed by atoms with Crippen molar-refractivity contribution in [2.45, 2.75) is 36.9 Å². The largest absolute Gasteiger partial charge is 0.383 e. The molecule has 0 bridgehead atoms. The van der Waals surface area contributed by atoms with E-state index in [-0.39, 0.29) is 36.0 Å². The Labute approximate surface area is 201 Å². The molecule has 2 aliphatic rings. The Kier molecular flexibility index (Phi) is 6.42. The maximum absolute atomic E-state index is 14.6. The first-order valence-corrected chi connectivity index (χ1v) is 11.7. The summed E-state index contributed by atoms with van der Waals surface area (Å²) >= 11 is 0. The molecule has 5 rings (SSSR count). The maximum Gasteiger partial charge on any atom is 0.251 e. The summed E-state index contributed by atoms with van der Waals surface area (Å²) in [6.45, 7) is 1.87. The van der Waals surface area contributed by atoms with E-state index in [4.69, 9.17) is 0 Å². The number of halogens is 3. The molecule has 1 saturated carbocycles. The van der Waals surface area contributed by atoms with Gasteiger partial charge in [-0.25, -0.2) is 13.2 Å². The van der Waals surface area contributed by atoms with Crippen LogP contribution in [0.5, 0.6) is 0 Å². The molecule has 0 unspecified atom stereocenters. The van der Waals surface area contributed by atoms with Gasteiger partial charge in [0.1, 0.15) is 17.8 Å². The molecule has 0 spiro atoms. The molecule has 35 heavy (non-hydrogen) atoms. The number of benzene rings is 1. The van der Waals surface area contributed by atoms with Gasteiger partial charge < -0.3 is 16.0 Å². The quantitative estimate of drug-likeness (QED) is 0.476. The Bertz CT molecular complexity index is 1210. The highest BCUT2D eigenvalue weighted by Gasteiger charge is 2.48. The smallest absolute Gasteiger partial charge is 0.251 e. The van der Waals surface area contributed by atoms with Crippen molar-refractivity contribution >= 4 is 11.6 Å². The third-order valence-corrected chi connectivity index (χ3v) is 6.78. The molecule has 9 heteroatoms. The van der Waals surface area contributed by atoms with Gasteiger partial charge in [0.05, 0.1) is 23.3 Å². The number of nitrogens with zero attached hydrogens (tertiary/aromatic N) is 2. The number of carbonyl (C=O) groups excluding carboxylic acids is 1. The van der Waals surface area contributed by atoms with Gasteiger partial charge in [0, 0.05) is 41.9 Å². The van der Waals surface area contributed by atoms with Gasteiger partial charge >= 0.3 is 0 Å². The lowest BCUT2D eigenvalue weighted by Crippen LogP contribution is -2.48. The van der Waals surface area contributed by atoms with Crippen molar-refractivity contribution in [1.29, 1.82) is 0 Å². The van der Waals surface area contributed by atoms with E-state index >= 15 is 0 Å². The molecule has 3 heterocycles. The first kappa shape index (κ1) is 23.3. The normalized spacial score (nSPS) is 23.5. The molecule has 3 N–H and O–H groups in total. The predicted molar refractivity (Wildman–Crippen MR) is 127 cm³/mol. The molecule has 1 aliphatic heterocycles. The van der Waals surface area contributed by atoms with E-state index in [0.717, 1.165) is 19.5 Å². The van der Waals surface area contributed by atoms with Gasteiger partial charge in [-0.3, -0.25) is 14.8 Å². The zero-order valence-corrected chi connectivity index (χ0v) is 19.0. The van der Waals surface area contributed by atoms with Gasteiger partial charge in [-0.2, -0.15) is 0 Å². The molecule has 1 amide bonds. The van der Waals surface area contributed by atoms with Gasteiger partial charge in [0.2, 0.25) is 0 Å². The number of nitrogens with one attached hydrogen (secondary N) is 3. The van der Waals surface area contributed by atoms with Crippen molar-refractivity contribution in [3.63, 3.8) is 0 Å². The molecule has 6 nitrogen and oxygen atoms in total. The van der Waals surface area contributed by atoms with Crippen LogP contribution in [0.25, 0.3) is 11.3 Å². The van der Waals surface area contributed by atoms with Gasteiger partial charge in [0.25, 0.3) is 5.91 Å². The van der Waals surface area contributed by atoms with E-state index in [1.807, 2.05) is 0 Å². The molecule has 3 aromatic rings. The van der Waals surface area contributed by atoms with Crippen LogP contribution in [0.2, 0.25) is 0 Å². The number of amides is 1. The maximum atomic E-state index is 14.6. The highest BCUT2D eigenvalue weighted by molar-refractivity contribution is 5.95. The van der Waals surface area contributed by atoms with E-state index in [0.29, 0.717) is 23.5 Å². The minimum Gasteiger partial charge on any atom is -0.383 e. The fraction of sp³-hybridized carbons (Fsp3) is 0.346. The minimum atomic E-state index is -0.990.